The number of quaternary nitrogens is 1. The first-order chi connectivity index (χ1) is 13.2. The monoisotopic (exact) mass is 384 g/mol. The molecule has 0 bridgehead atoms. The Morgan fingerprint density at radius 3 is 2.85 bits per heavy atom. The summed E-state index contributed by atoms with van der Waals surface area (Å²) in [7, 11) is 1.72. The highest BCUT2D eigenvalue weighted by Gasteiger charge is 2.53. The number of likely N-dealkylation sites (tertiary alicyclic amines) is 1. The van der Waals surface area contributed by atoms with E-state index < -0.39 is 0 Å². The van der Waals surface area contributed by atoms with Crippen molar-refractivity contribution in [2.45, 2.75) is 31.5 Å². The van der Waals surface area contributed by atoms with Crippen molar-refractivity contribution in [1.29, 1.82) is 0 Å². The first-order valence-electron chi connectivity index (χ1n) is 9.75. The lowest BCUT2D eigenvalue weighted by Crippen LogP contribution is -3.13. The van der Waals surface area contributed by atoms with E-state index in [1.54, 1.807) is 23.3 Å². The predicted molar refractivity (Wildman–Crippen MR) is 107 cm³/mol. The normalized spacial score (nSPS) is 29.5. The molecule has 2 N–H and O–H groups in total. The van der Waals surface area contributed by atoms with Crippen LogP contribution in [0.4, 0.5) is 0 Å². The molecule has 4 heterocycles. The molecule has 1 spiro atoms. The van der Waals surface area contributed by atoms with E-state index in [0.29, 0.717) is 0 Å². The first-order valence-corrected chi connectivity index (χ1v) is 10.6. The summed E-state index contributed by atoms with van der Waals surface area (Å²) < 4.78 is 12.4. The van der Waals surface area contributed by atoms with Gasteiger partial charge in [-0.2, -0.15) is 5.01 Å². The number of hydrogen-bond donors (Lipinski definition) is 2. The molecule has 1 aromatic carbocycles. The smallest absolute Gasteiger partial charge is 0.191 e. The van der Waals surface area contributed by atoms with Gasteiger partial charge in [-0.3, -0.25) is 0 Å². The maximum absolute atomic E-state index is 6.75. The number of rotatable bonds is 3. The van der Waals surface area contributed by atoms with Crippen LogP contribution in [0.1, 0.15) is 36.2 Å². The summed E-state index contributed by atoms with van der Waals surface area (Å²) in [6.45, 7) is 5.69. The fraction of sp³-hybridized carbons (Fsp3) is 0.429. The Labute approximate surface area is 164 Å². The molecule has 0 radical (unpaired) electrons. The van der Waals surface area contributed by atoms with Crippen molar-refractivity contribution in [1.82, 2.24) is 10.4 Å². The van der Waals surface area contributed by atoms with E-state index >= 15 is 0 Å². The van der Waals surface area contributed by atoms with Gasteiger partial charge in [0, 0.05) is 5.56 Å². The maximum atomic E-state index is 6.75. The molecule has 1 fully saturated rings. The molecule has 5 nitrogen and oxygen atoms in total. The zero-order valence-electron chi connectivity index (χ0n) is 15.8. The van der Waals surface area contributed by atoms with Crippen LogP contribution in [0.15, 0.2) is 41.8 Å². The summed E-state index contributed by atoms with van der Waals surface area (Å²) in [5, 5.41) is 4.48. The number of fused-ring (bicyclic) bond motifs is 4. The average molecular weight is 385 g/mol. The van der Waals surface area contributed by atoms with Crippen LogP contribution in [0.3, 0.4) is 0 Å². The van der Waals surface area contributed by atoms with E-state index in [0.717, 1.165) is 37.4 Å². The standard InChI is InChI=1S/C21H25N3O2S/c1-3-23-11-9-21(10-12-23)24-17(14-16(22-24)19-8-5-13-27-19)15-6-4-7-18(25-2)20(15)26-21/h4-8,13-14,17,22H,3,9-12H2,1-2H3/p+1/t17-/m1/s1. The van der Waals surface area contributed by atoms with E-state index in [1.165, 1.54) is 22.7 Å². The summed E-state index contributed by atoms with van der Waals surface area (Å²) in [6.07, 6.45) is 4.35. The maximum Gasteiger partial charge on any atom is 0.191 e. The minimum absolute atomic E-state index is 0.157. The van der Waals surface area contributed by atoms with Crippen LogP contribution in [0.2, 0.25) is 0 Å². The molecule has 0 unspecified atom stereocenters. The Balaban J connectivity index is 1.58. The number of piperidine rings is 1. The van der Waals surface area contributed by atoms with Crippen molar-refractivity contribution in [3.63, 3.8) is 0 Å². The minimum Gasteiger partial charge on any atom is -0.493 e. The van der Waals surface area contributed by atoms with Gasteiger partial charge in [0.05, 0.1) is 56.2 Å². The lowest BCUT2D eigenvalue weighted by molar-refractivity contribution is -0.906. The predicted octanol–water partition coefficient (Wildman–Crippen LogP) is 2.45. The molecule has 0 saturated carbocycles. The van der Waals surface area contributed by atoms with Gasteiger partial charge in [-0.25, -0.2) is 0 Å². The number of methoxy groups -OCH3 is 1. The van der Waals surface area contributed by atoms with Crippen LogP contribution < -0.4 is 19.8 Å². The van der Waals surface area contributed by atoms with Crippen molar-refractivity contribution in [2.24, 2.45) is 0 Å². The van der Waals surface area contributed by atoms with Gasteiger partial charge < -0.3 is 19.8 Å². The fourth-order valence-corrected chi connectivity index (χ4v) is 5.29. The van der Waals surface area contributed by atoms with Gasteiger partial charge in [-0.05, 0) is 30.5 Å². The van der Waals surface area contributed by atoms with Crippen molar-refractivity contribution in [3.05, 3.63) is 52.2 Å². The molecule has 5 rings (SSSR count). The molecule has 0 amide bonds. The van der Waals surface area contributed by atoms with Gasteiger partial charge in [0.25, 0.3) is 0 Å². The highest BCUT2D eigenvalue weighted by atomic mass is 32.1. The number of benzene rings is 1. The molecule has 3 aliphatic rings. The Kier molecular flexibility index (Phi) is 4.15. The number of nitrogens with zero attached hydrogens (tertiary/aromatic N) is 1. The molecular weight excluding hydrogens is 358 g/mol. The van der Waals surface area contributed by atoms with E-state index in [9.17, 15) is 0 Å². The second-order valence-corrected chi connectivity index (χ2v) is 8.46. The summed E-state index contributed by atoms with van der Waals surface area (Å²) in [4.78, 5) is 2.91. The van der Waals surface area contributed by atoms with Crippen molar-refractivity contribution < 1.29 is 14.4 Å². The van der Waals surface area contributed by atoms with Crippen LogP contribution in [-0.4, -0.2) is 37.5 Å². The van der Waals surface area contributed by atoms with Gasteiger partial charge in [-0.15, -0.1) is 11.3 Å². The third-order valence-corrected chi connectivity index (χ3v) is 7.05. The molecule has 142 valence electrons. The fourth-order valence-electron chi connectivity index (χ4n) is 4.59. The topological polar surface area (TPSA) is 38.2 Å². The third-order valence-electron chi connectivity index (χ3n) is 6.15. The molecular formula is C21H26N3O2S+. The van der Waals surface area contributed by atoms with E-state index in [2.05, 4.69) is 53.1 Å². The molecule has 2 aromatic rings. The summed E-state index contributed by atoms with van der Waals surface area (Å²) in [6, 6.07) is 10.6. The lowest BCUT2D eigenvalue weighted by Gasteiger charge is -2.50. The van der Waals surface area contributed by atoms with Gasteiger partial charge in [0.1, 0.15) is 0 Å². The minimum atomic E-state index is -0.333. The second-order valence-electron chi connectivity index (χ2n) is 7.51. The van der Waals surface area contributed by atoms with E-state index in [4.69, 9.17) is 9.47 Å². The summed E-state index contributed by atoms with van der Waals surface area (Å²) in [5.41, 5.74) is 5.71. The highest BCUT2D eigenvalue weighted by Crippen LogP contribution is 2.50. The lowest BCUT2D eigenvalue weighted by atomic mass is 9.92. The Hall–Kier alpha value is -2.02. The SMILES string of the molecule is CC[NH+]1CCC2(CC1)Oc1c(OC)cccc1[C@H]1C=C(c3cccs3)NN12. The van der Waals surface area contributed by atoms with Crippen LogP contribution in [0, 0.1) is 0 Å². The molecule has 1 saturated heterocycles. The summed E-state index contributed by atoms with van der Waals surface area (Å²) in [5.74, 6) is 1.74. The largest absolute Gasteiger partial charge is 0.493 e. The number of hydrazine groups is 1. The average Bonchev–Trinajstić information content (AvgIpc) is 3.38. The Morgan fingerprint density at radius 1 is 1.30 bits per heavy atom. The van der Waals surface area contributed by atoms with Gasteiger partial charge >= 0.3 is 0 Å². The molecule has 0 aliphatic carbocycles. The van der Waals surface area contributed by atoms with Gasteiger partial charge in [-0.1, -0.05) is 18.2 Å². The van der Waals surface area contributed by atoms with Crippen LogP contribution in [0.25, 0.3) is 5.70 Å². The molecule has 27 heavy (non-hydrogen) atoms. The van der Waals surface area contributed by atoms with Crippen LogP contribution >= 0.6 is 11.3 Å². The molecule has 1 atom stereocenters. The van der Waals surface area contributed by atoms with Gasteiger partial charge in [0.15, 0.2) is 17.2 Å². The number of nitrogens with one attached hydrogen (secondary N) is 2. The number of para-hydroxylation sites is 1. The zero-order chi connectivity index (χ0) is 18.4. The van der Waals surface area contributed by atoms with E-state index in [1.807, 2.05) is 6.07 Å². The molecule has 1 aromatic heterocycles. The van der Waals surface area contributed by atoms with Crippen molar-refractivity contribution in [3.8, 4) is 11.5 Å². The quantitative estimate of drug-likeness (QED) is 0.853. The number of thiophene rings is 1. The second kappa shape index (κ2) is 6.55. The third kappa shape index (κ3) is 2.66. The van der Waals surface area contributed by atoms with Gasteiger partial charge in [0.2, 0.25) is 0 Å². The number of hydrogen-bond acceptors (Lipinski definition) is 5. The molecule has 6 heteroatoms. The van der Waals surface area contributed by atoms with Crippen LogP contribution in [0.5, 0.6) is 11.5 Å². The van der Waals surface area contributed by atoms with Crippen LogP contribution in [-0.2, 0) is 0 Å². The summed E-state index contributed by atoms with van der Waals surface area (Å²) >= 11 is 1.77. The van der Waals surface area contributed by atoms with E-state index in [-0.39, 0.29) is 11.8 Å². The van der Waals surface area contributed by atoms with Crippen molar-refractivity contribution >= 4 is 17.0 Å². The zero-order valence-corrected chi connectivity index (χ0v) is 16.6. The number of ether oxygens (including phenoxy) is 2. The Bertz CT molecular complexity index is 856. The van der Waals surface area contributed by atoms with Crippen molar-refractivity contribution in [2.75, 3.05) is 26.7 Å². The molecule has 3 aliphatic heterocycles. The Morgan fingerprint density at radius 2 is 2.15 bits per heavy atom. The highest BCUT2D eigenvalue weighted by molar-refractivity contribution is 7.11. The first kappa shape index (κ1) is 17.1.